The van der Waals surface area contributed by atoms with Gasteiger partial charge in [0.05, 0.1) is 14.2 Å². The monoisotopic (exact) mass is 321 g/mol. The minimum absolute atomic E-state index is 0.156. The molecule has 0 bridgehead atoms. The van der Waals surface area contributed by atoms with Crippen molar-refractivity contribution in [2.75, 3.05) is 14.2 Å². The predicted octanol–water partition coefficient (Wildman–Crippen LogP) is 3.78. The maximum absolute atomic E-state index is 5.42. The van der Waals surface area contributed by atoms with Crippen molar-refractivity contribution in [1.82, 2.24) is 4.98 Å². The standard InChI is InChI=1S/C15H16BrNO2/c1-18-12-6-7-13(15(10-12)19-2)14(16)9-11-5-3-4-8-17-11/h3-8,10,14H,9H2,1-2H3. The number of nitrogens with zero attached hydrogens (tertiary/aromatic N) is 1. The number of pyridine rings is 1. The summed E-state index contributed by atoms with van der Waals surface area (Å²) in [7, 11) is 3.31. The zero-order valence-electron chi connectivity index (χ0n) is 11.0. The van der Waals surface area contributed by atoms with Crippen LogP contribution >= 0.6 is 15.9 Å². The van der Waals surface area contributed by atoms with Gasteiger partial charge in [0.25, 0.3) is 0 Å². The first-order valence-electron chi connectivity index (χ1n) is 6.00. The highest BCUT2D eigenvalue weighted by molar-refractivity contribution is 9.09. The van der Waals surface area contributed by atoms with Crippen molar-refractivity contribution >= 4 is 15.9 Å². The molecule has 0 saturated carbocycles. The number of halogens is 1. The molecule has 2 rings (SSSR count). The Morgan fingerprint density at radius 2 is 2.00 bits per heavy atom. The number of ether oxygens (including phenoxy) is 2. The van der Waals surface area contributed by atoms with Crippen LogP contribution in [0.1, 0.15) is 16.1 Å². The van der Waals surface area contributed by atoms with Crippen LogP contribution in [0.5, 0.6) is 11.5 Å². The SMILES string of the molecule is COc1ccc(C(Br)Cc2ccccn2)c(OC)c1. The predicted molar refractivity (Wildman–Crippen MR) is 79.2 cm³/mol. The van der Waals surface area contributed by atoms with E-state index >= 15 is 0 Å². The first-order chi connectivity index (χ1) is 9.24. The van der Waals surface area contributed by atoms with Crippen LogP contribution in [0.3, 0.4) is 0 Å². The fraction of sp³-hybridized carbons (Fsp3) is 0.267. The second-order valence-corrected chi connectivity index (χ2v) is 5.21. The van der Waals surface area contributed by atoms with Crippen LogP contribution in [0.4, 0.5) is 0 Å². The van der Waals surface area contributed by atoms with E-state index in [1.807, 2.05) is 36.4 Å². The molecule has 0 spiro atoms. The lowest BCUT2D eigenvalue weighted by Gasteiger charge is -2.15. The Morgan fingerprint density at radius 1 is 1.16 bits per heavy atom. The van der Waals surface area contributed by atoms with Gasteiger partial charge >= 0.3 is 0 Å². The largest absolute Gasteiger partial charge is 0.497 e. The summed E-state index contributed by atoms with van der Waals surface area (Å²) in [5, 5.41) is 0. The van der Waals surface area contributed by atoms with E-state index in [2.05, 4.69) is 20.9 Å². The molecule has 0 amide bonds. The molecule has 0 N–H and O–H groups in total. The van der Waals surface area contributed by atoms with Crippen LogP contribution in [0.25, 0.3) is 0 Å². The molecule has 0 radical (unpaired) electrons. The van der Waals surface area contributed by atoms with Crippen molar-refractivity contribution in [3.63, 3.8) is 0 Å². The Kier molecular flexibility index (Phi) is 4.80. The van der Waals surface area contributed by atoms with Gasteiger partial charge in [-0.05, 0) is 18.2 Å². The summed E-state index contributed by atoms with van der Waals surface area (Å²) in [6.45, 7) is 0. The highest BCUT2D eigenvalue weighted by atomic mass is 79.9. The number of benzene rings is 1. The molecule has 0 aliphatic rings. The topological polar surface area (TPSA) is 31.4 Å². The number of aromatic nitrogens is 1. The van der Waals surface area contributed by atoms with Crippen molar-refractivity contribution in [2.24, 2.45) is 0 Å². The summed E-state index contributed by atoms with van der Waals surface area (Å²) in [6, 6.07) is 11.8. The van der Waals surface area contributed by atoms with Gasteiger partial charge in [-0.2, -0.15) is 0 Å². The third kappa shape index (κ3) is 3.47. The molecular formula is C15H16BrNO2. The molecule has 0 aliphatic carbocycles. The summed E-state index contributed by atoms with van der Waals surface area (Å²) in [4.78, 5) is 4.49. The van der Waals surface area contributed by atoms with Crippen molar-refractivity contribution in [3.05, 3.63) is 53.9 Å². The van der Waals surface area contributed by atoms with Crippen LogP contribution in [0.2, 0.25) is 0 Å². The average molecular weight is 322 g/mol. The van der Waals surface area contributed by atoms with Gasteiger partial charge in [-0.3, -0.25) is 4.98 Å². The highest BCUT2D eigenvalue weighted by Gasteiger charge is 2.15. The maximum atomic E-state index is 5.42. The Bertz CT molecular complexity index is 531. The molecule has 1 heterocycles. The molecule has 0 fully saturated rings. The number of rotatable bonds is 5. The fourth-order valence-corrected chi connectivity index (χ4v) is 2.60. The normalized spacial score (nSPS) is 11.9. The lowest BCUT2D eigenvalue weighted by molar-refractivity contribution is 0.391. The first kappa shape index (κ1) is 13.9. The summed E-state index contributed by atoms with van der Waals surface area (Å²) in [6.07, 6.45) is 2.61. The number of alkyl halides is 1. The third-order valence-electron chi connectivity index (χ3n) is 2.89. The smallest absolute Gasteiger partial charge is 0.126 e. The van der Waals surface area contributed by atoms with Gasteiger partial charge in [0.15, 0.2) is 0 Å². The van der Waals surface area contributed by atoms with Gasteiger partial charge in [-0.25, -0.2) is 0 Å². The van der Waals surface area contributed by atoms with E-state index in [4.69, 9.17) is 9.47 Å². The van der Waals surface area contributed by atoms with Crippen LogP contribution in [0.15, 0.2) is 42.6 Å². The second-order valence-electron chi connectivity index (χ2n) is 4.10. The van der Waals surface area contributed by atoms with E-state index in [9.17, 15) is 0 Å². The quantitative estimate of drug-likeness (QED) is 0.785. The van der Waals surface area contributed by atoms with Crippen molar-refractivity contribution in [2.45, 2.75) is 11.2 Å². The van der Waals surface area contributed by atoms with Crippen LogP contribution in [-0.4, -0.2) is 19.2 Å². The van der Waals surface area contributed by atoms with Crippen molar-refractivity contribution in [3.8, 4) is 11.5 Å². The molecule has 100 valence electrons. The number of methoxy groups -OCH3 is 2. The van der Waals surface area contributed by atoms with Crippen LogP contribution in [0, 0.1) is 0 Å². The number of hydrogen-bond acceptors (Lipinski definition) is 3. The van der Waals surface area contributed by atoms with Gasteiger partial charge in [-0.1, -0.05) is 28.1 Å². The van der Waals surface area contributed by atoms with Crippen LogP contribution in [-0.2, 0) is 6.42 Å². The third-order valence-corrected chi connectivity index (χ3v) is 3.71. The maximum Gasteiger partial charge on any atom is 0.126 e. The highest BCUT2D eigenvalue weighted by Crippen LogP contribution is 2.35. The van der Waals surface area contributed by atoms with Gasteiger partial charge in [0, 0.05) is 34.8 Å². The molecule has 2 aromatic rings. The van der Waals surface area contributed by atoms with E-state index in [0.717, 1.165) is 29.2 Å². The van der Waals surface area contributed by atoms with Crippen molar-refractivity contribution < 1.29 is 9.47 Å². The minimum Gasteiger partial charge on any atom is -0.497 e. The Labute approximate surface area is 121 Å². The second kappa shape index (κ2) is 6.57. The zero-order valence-corrected chi connectivity index (χ0v) is 12.6. The van der Waals surface area contributed by atoms with Gasteiger partial charge in [-0.15, -0.1) is 0 Å². The van der Waals surface area contributed by atoms with E-state index in [1.165, 1.54) is 0 Å². The van der Waals surface area contributed by atoms with Crippen molar-refractivity contribution in [1.29, 1.82) is 0 Å². The average Bonchev–Trinajstić information content (AvgIpc) is 2.47. The summed E-state index contributed by atoms with van der Waals surface area (Å²) in [5.41, 5.74) is 2.14. The Hall–Kier alpha value is -1.55. The first-order valence-corrected chi connectivity index (χ1v) is 6.92. The summed E-state index contributed by atoms with van der Waals surface area (Å²) in [5.74, 6) is 1.61. The molecule has 4 heteroatoms. The Morgan fingerprint density at radius 3 is 2.63 bits per heavy atom. The molecule has 3 nitrogen and oxygen atoms in total. The molecule has 1 unspecified atom stereocenters. The zero-order chi connectivity index (χ0) is 13.7. The Balaban J connectivity index is 2.21. The summed E-state index contributed by atoms with van der Waals surface area (Å²) >= 11 is 3.70. The lowest BCUT2D eigenvalue weighted by Crippen LogP contribution is -2.00. The molecule has 0 aliphatic heterocycles. The van der Waals surface area contributed by atoms with Gasteiger partial charge in [0.2, 0.25) is 0 Å². The van der Waals surface area contributed by atoms with Gasteiger partial charge in [0.1, 0.15) is 11.5 Å². The van der Waals surface area contributed by atoms with Gasteiger partial charge < -0.3 is 9.47 Å². The van der Waals surface area contributed by atoms with Crippen LogP contribution < -0.4 is 9.47 Å². The van der Waals surface area contributed by atoms with E-state index in [1.54, 1.807) is 20.4 Å². The number of hydrogen-bond donors (Lipinski definition) is 0. The molecule has 1 atom stereocenters. The minimum atomic E-state index is 0.156. The van der Waals surface area contributed by atoms with E-state index in [0.29, 0.717) is 0 Å². The lowest BCUT2D eigenvalue weighted by atomic mass is 10.1. The molecular weight excluding hydrogens is 306 g/mol. The molecule has 0 saturated heterocycles. The summed E-state index contributed by atoms with van der Waals surface area (Å²) < 4.78 is 10.6. The van der Waals surface area contributed by atoms with E-state index < -0.39 is 0 Å². The molecule has 1 aromatic heterocycles. The fourth-order valence-electron chi connectivity index (χ4n) is 1.89. The van der Waals surface area contributed by atoms with E-state index in [-0.39, 0.29) is 4.83 Å². The molecule has 19 heavy (non-hydrogen) atoms. The molecule has 1 aromatic carbocycles.